The molecule has 0 atom stereocenters. The van der Waals surface area contributed by atoms with E-state index in [1.807, 2.05) is 0 Å². The molecule has 0 amide bonds. The maximum absolute atomic E-state index is 11.4. The predicted octanol–water partition coefficient (Wildman–Crippen LogP) is 0.534. The average molecular weight is 269 g/mol. The van der Waals surface area contributed by atoms with Gasteiger partial charge in [-0.05, 0) is 30.5 Å². The molecule has 0 radical (unpaired) electrons. The van der Waals surface area contributed by atoms with E-state index in [-0.39, 0.29) is 10.9 Å². The summed E-state index contributed by atoms with van der Waals surface area (Å²) in [6, 6.07) is 5.92. The van der Waals surface area contributed by atoms with Crippen LogP contribution >= 0.6 is 0 Å². The van der Waals surface area contributed by atoms with Crippen LogP contribution in [0.3, 0.4) is 0 Å². The lowest BCUT2D eigenvalue weighted by molar-refractivity contribution is -0.148. The number of carboxylic acids is 1. The highest BCUT2D eigenvalue weighted by molar-refractivity contribution is 7.90. The molecule has 0 heterocycles. The summed E-state index contributed by atoms with van der Waals surface area (Å²) < 4.78 is 22.7. The average Bonchev–Trinajstić information content (AvgIpc) is 2.23. The molecule has 1 saturated carbocycles. The molecule has 3 N–H and O–H groups in total. The Hall–Kier alpha value is -1.40. The molecular weight excluding hydrogens is 254 g/mol. The van der Waals surface area contributed by atoms with Gasteiger partial charge in [-0.15, -0.1) is 0 Å². The number of carbonyl (C=O) groups is 1. The molecule has 1 aliphatic rings. The fourth-order valence-corrected chi connectivity index (χ4v) is 3.02. The second-order valence-electron chi connectivity index (χ2n) is 4.85. The standard InChI is InChI=1S/C12H15NO4S/c1-18(16,17)10-4-2-8(3-5-10)12(11(14)15)6-9(13)7-12/h2-5,9H,6-7,13H2,1H3,(H,14,15). The molecule has 0 bridgehead atoms. The van der Waals surface area contributed by atoms with E-state index in [1.54, 1.807) is 12.1 Å². The lowest BCUT2D eigenvalue weighted by Gasteiger charge is -2.43. The highest BCUT2D eigenvalue weighted by atomic mass is 32.2. The third kappa shape index (κ3) is 2.02. The number of hydrogen-bond acceptors (Lipinski definition) is 4. The lowest BCUT2D eigenvalue weighted by Crippen LogP contribution is -2.54. The Bertz CT molecular complexity index is 571. The Balaban J connectivity index is 2.38. The van der Waals surface area contributed by atoms with Crippen molar-refractivity contribution in [3.63, 3.8) is 0 Å². The van der Waals surface area contributed by atoms with E-state index in [2.05, 4.69) is 0 Å². The third-order valence-corrected chi connectivity index (χ3v) is 4.59. The van der Waals surface area contributed by atoms with Crippen LogP contribution in [-0.2, 0) is 20.0 Å². The topological polar surface area (TPSA) is 97.5 Å². The van der Waals surface area contributed by atoms with E-state index in [1.165, 1.54) is 12.1 Å². The first-order valence-electron chi connectivity index (χ1n) is 5.55. The van der Waals surface area contributed by atoms with Gasteiger partial charge in [-0.2, -0.15) is 0 Å². The molecule has 0 spiro atoms. The zero-order valence-electron chi connectivity index (χ0n) is 9.96. The van der Waals surface area contributed by atoms with E-state index < -0.39 is 21.2 Å². The minimum Gasteiger partial charge on any atom is -0.481 e. The molecule has 1 aromatic rings. The highest BCUT2D eigenvalue weighted by Crippen LogP contribution is 2.43. The molecule has 2 rings (SSSR count). The molecule has 98 valence electrons. The Morgan fingerprint density at radius 2 is 1.83 bits per heavy atom. The van der Waals surface area contributed by atoms with Gasteiger partial charge in [-0.3, -0.25) is 4.79 Å². The third-order valence-electron chi connectivity index (χ3n) is 3.47. The molecule has 5 nitrogen and oxygen atoms in total. The molecule has 0 unspecified atom stereocenters. The minimum atomic E-state index is -3.26. The van der Waals surface area contributed by atoms with Crippen molar-refractivity contribution in [2.24, 2.45) is 5.73 Å². The Morgan fingerprint density at radius 3 is 2.17 bits per heavy atom. The van der Waals surface area contributed by atoms with Crippen molar-refractivity contribution in [2.45, 2.75) is 29.2 Å². The van der Waals surface area contributed by atoms with Crippen molar-refractivity contribution >= 4 is 15.8 Å². The smallest absolute Gasteiger partial charge is 0.314 e. The van der Waals surface area contributed by atoms with Crippen LogP contribution in [-0.4, -0.2) is 31.8 Å². The SMILES string of the molecule is CS(=O)(=O)c1ccc(C2(C(=O)O)CC(N)C2)cc1. The van der Waals surface area contributed by atoms with Gasteiger partial charge in [0.1, 0.15) is 0 Å². The maximum Gasteiger partial charge on any atom is 0.314 e. The van der Waals surface area contributed by atoms with Crippen molar-refractivity contribution in [3.8, 4) is 0 Å². The van der Waals surface area contributed by atoms with Crippen molar-refractivity contribution in [1.82, 2.24) is 0 Å². The van der Waals surface area contributed by atoms with Crippen LogP contribution in [0.25, 0.3) is 0 Å². The number of sulfone groups is 1. The molecule has 0 aliphatic heterocycles. The predicted molar refractivity (Wildman–Crippen MR) is 66.1 cm³/mol. The minimum absolute atomic E-state index is 0.101. The number of benzene rings is 1. The summed E-state index contributed by atoms with van der Waals surface area (Å²) in [6.45, 7) is 0. The first-order valence-corrected chi connectivity index (χ1v) is 7.44. The number of carboxylic acid groups (broad SMARTS) is 1. The summed E-state index contributed by atoms with van der Waals surface area (Å²) in [6.07, 6.45) is 1.90. The molecule has 1 aliphatic carbocycles. The Kier molecular flexibility index (Phi) is 2.95. The molecular formula is C12H15NO4S. The van der Waals surface area contributed by atoms with Gasteiger partial charge in [0.2, 0.25) is 0 Å². The molecule has 0 saturated heterocycles. The van der Waals surface area contributed by atoms with E-state index in [0.717, 1.165) is 6.26 Å². The second-order valence-corrected chi connectivity index (χ2v) is 6.87. The van der Waals surface area contributed by atoms with Crippen LogP contribution in [0.5, 0.6) is 0 Å². The van der Waals surface area contributed by atoms with Gasteiger partial charge in [0.15, 0.2) is 9.84 Å². The number of aliphatic carboxylic acids is 1. The largest absolute Gasteiger partial charge is 0.481 e. The highest BCUT2D eigenvalue weighted by Gasteiger charge is 2.50. The van der Waals surface area contributed by atoms with Crippen LogP contribution < -0.4 is 5.73 Å². The van der Waals surface area contributed by atoms with Crippen molar-refractivity contribution in [3.05, 3.63) is 29.8 Å². The zero-order chi connectivity index (χ0) is 13.6. The molecule has 6 heteroatoms. The van der Waals surface area contributed by atoms with Gasteiger partial charge >= 0.3 is 5.97 Å². The summed E-state index contributed by atoms with van der Waals surface area (Å²) in [7, 11) is -3.26. The first-order chi connectivity index (χ1) is 8.25. The van der Waals surface area contributed by atoms with Gasteiger partial charge in [-0.1, -0.05) is 12.1 Å². The summed E-state index contributed by atoms with van der Waals surface area (Å²) >= 11 is 0. The summed E-state index contributed by atoms with van der Waals surface area (Å²) in [5, 5.41) is 9.31. The summed E-state index contributed by atoms with van der Waals surface area (Å²) in [5.41, 5.74) is 5.34. The van der Waals surface area contributed by atoms with E-state index in [0.29, 0.717) is 18.4 Å². The van der Waals surface area contributed by atoms with Crippen LogP contribution in [0.1, 0.15) is 18.4 Å². The van der Waals surface area contributed by atoms with Gasteiger partial charge in [0, 0.05) is 12.3 Å². The van der Waals surface area contributed by atoms with Gasteiger partial charge in [-0.25, -0.2) is 8.42 Å². The van der Waals surface area contributed by atoms with Crippen molar-refractivity contribution < 1.29 is 18.3 Å². The van der Waals surface area contributed by atoms with E-state index in [9.17, 15) is 18.3 Å². The molecule has 1 fully saturated rings. The molecule has 0 aromatic heterocycles. The Morgan fingerprint density at radius 1 is 1.33 bits per heavy atom. The maximum atomic E-state index is 11.4. The molecule has 18 heavy (non-hydrogen) atoms. The normalized spacial score (nSPS) is 27.6. The number of rotatable bonds is 3. The summed E-state index contributed by atoms with van der Waals surface area (Å²) in [4.78, 5) is 11.5. The van der Waals surface area contributed by atoms with E-state index in [4.69, 9.17) is 5.73 Å². The fraction of sp³-hybridized carbons (Fsp3) is 0.417. The fourth-order valence-electron chi connectivity index (χ4n) is 2.39. The van der Waals surface area contributed by atoms with Crippen molar-refractivity contribution in [1.29, 1.82) is 0 Å². The quantitative estimate of drug-likeness (QED) is 0.834. The molecule has 1 aromatic carbocycles. The van der Waals surface area contributed by atoms with Gasteiger partial charge in [0.25, 0.3) is 0 Å². The Labute approximate surface area is 106 Å². The number of hydrogen-bond donors (Lipinski definition) is 2. The van der Waals surface area contributed by atoms with Crippen molar-refractivity contribution in [2.75, 3.05) is 6.26 Å². The van der Waals surface area contributed by atoms with Gasteiger partial charge < -0.3 is 10.8 Å². The summed E-state index contributed by atoms with van der Waals surface area (Å²) in [5.74, 6) is -0.906. The van der Waals surface area contributed by atoms with E-state index >= 15 is 0 Å². The number of nitrogens with two attached hydrogens (primary N) is 1. The van der Waals surface area contributed by atoms with Crippen LogP contribution in [0.4, 0.5) is 0 Å². The first kappa shape index (κ1) is 13.0. The second kappa shape index (κ2) is 4.07. The monoisotopic (exact) mass is 269 g/mol. The van der Waals surface area contributed by atoms with Crippen LogP contribution in [0.2, 0.25) is 0 Å². The van der Waals surface area contributed by atoms with Crippen LogP contribution in [0.15, 0.2) is 29.2 Å². The van der Waals surface area contributed by atoms with Crippen LogP contribution in [0, 0.1) is 0 Å². The zero-order valence-corrected chi connectivity index (χ0v) is 10.8. The lowest BCUT2D eigenvalue weighted by atomic mass is 9.62. The van der Waals surface area contributed by atoms with Gasteiger partial charge in [0.05, 0.1) is 10.3 Å².